The summed E-state index contributed by atoms with van der Waals surface area (Å²) in [5, 5.41) is 20.8. The van der Waals surface area contributed by atoms with Crippen LogP contribution in [0.25, 0.3) is 0 Å². The van der Waals surface area contributed by atoms with E-state index < -0.39 is 22.8 Å². The number of alkyl halides is 3. The van der Waals surface area contributed by atoms with Gasteiger partial charge in [-0.25, -0.2) is 0 Å². The number of hydrogen-bond donors (Lipinski definition) is 1. The molecule has 1 N–H and O–H groups in total. The summed E-state index contributed by atoms with van der Waals surface area (Å²) in [6.45, 7) is 2.71. The highest BCUT2D eigenvalue weighted by molar-refractivity contribution is 5.49. The van der Waals surface area contributed by atoms with Crippen LogP contribution in [0.15, 0.2) is 48.5 Å². The number of halogens is 3. The van der Waals surface area contributed by atoms with Gasteiger partial charge in [0.25, 0.3) is 5.69 Å². The molecule has 7 nitrogen and oxygen atoms in total. The maximum Gasteiger partial charge on any atom is 0.416 e. The van der Waals surface area contributed by atoms with Gasteiger partial charge >= 0.3 is 6.18 Å². The number of nitrogens with zero attached hydrogens (tertiary/aromatic N) is 3. The number of aliphatic hydroxyl groups excluding tert-OH is 1. The van der Waals surface area contributed by atoms with Gasteiger partial charge in [-0.3, -0.25) is 15.0 Å². The molecule has 0 aliphatic carbocycles. The number of hydrogen-bond acceptors (Lipinski definition) is 6. The number of anilines is 1. The third-order valence-electron chi connectivity index (χ3n) is 4.87. The molecule has 3 rings (SSSR count). The molecule has 1 fully saturated rings. The number of nitro benzene ring substituents is 1. The van der Waals surface area contributed by atoms with Crippen molar-refractivity contribution in [3.8, 4) is 5.75 Å². The van der Waals surface area contributed by atoms with E-state index in [1.54, 1.807) is 6.07 Å². The number of nitro groups is 1. The Morgan fingerprint density at radius 1 is 1.10 bits per heavy atom. The zero-order valence-electron chi connectivity index (χ0n) is 16.1. The zero-order valence-corrected chi connectivity index (χ0v) is 16.1. The first-order valence-electron chi connectivity index (χ1n) is 9.42. The summed E-state index contributed by atoms with van der Waals surface area (Å²) in [5.74, 6) is 0.425. The highest BCUT2D eigenvalue weighted by Crippen LogP contribution is 2.31. The summed E-state index contributed by atoms with van der Waals surface area (Å²) in [6, 6.07) is 10.9. The van der Waals surface area contributed by atoms with Crippen LogP contribution in [0.1, 0.15) is 5.56 Å². The number of aliphatic hydroxyl groups is 1. The van der Waals surface area contributed by atoms with Crippen LogP contribution in [0.2, 0.25) is 0 Å². The first-order chi connectivity index (χ1) is 14.2. The second kappa shape index (κ2) is 9.31. The Morgan fingerprint density at radius 3 is 2.37 bits per heavy atom. The highest BCUT2D eigenvalue weighted by atomic mass is 19.4. The molecular formula is C20H22F3N3O4. The minimum atomic E-state index is -4.37. The maximum atomic E-state index is 12.9. The van der Waals surface area contributed by atoms with Crippen LogP contribution in [0.4, 0.5) is 24.5 Å². The van der Waals surface area contributed by atoms with Crippen molar-refractivity contribution in [2.24, 2.45) is 0 Å². The van der Waals surface area contributed by atoms with E-state index in [0.29, 0.717) is 44.2 Å². The average molecular weight is 425 g/mol. The van der Waals surface area contributed by atoms with E-state index in [4.69, 9.17) is 4.74 Å². The number of ether oxygens (including phenoxy) is 1. The molecule has 1 aliphatic heterocycles. The van der Waals surface area contributed by atoms with Crippen molar-refractivity contribution in [2.75, 3.05) is 44.2 Å². The lowest BCUT2D eigenvalue weighted by Gasteiger charge is -2.37. The molecule has 30 heavy (non-hydrogen) atoms. The van der Waals surface area contributed by atoms with Crippen molar-refractivity contribution < 1.29 is 27.9 Å². The number of piperazine rings is 1. The van der Waals surface area contributed by atoms with Crippen LogP contribution in [0.3, 0.4) is 0 Å². The van der Waals surface area contributed by atoms with Crippen molar-refractivity contribution >= 4 is 11.4 Å². The average Bonchev–Trinajstić information content (AvgIpc) is 2.72. The summed E-state index contributed by atoms with van der Waals surface area (Å²) in [6.07, 6.45) is -5.13. The van der Waals surface area contributed by atoms with Crippen LogP contribution in [-0.4, -0.2) is 60.4 Å². The third kappa shape index (κ3) is 5.83. The lowest BCUT2D eigenvalue weighted by atomic mass is 10.1. The standard InChI is InChI=1S/C20H22F3N3O4/c21-20(22,23)15-2-1-3-17(12-15)25-10-8-24(9-11-25)13-18(27)14-30-19-6-4-16(5-7-19)26(28)29/h1-7,12,18,27H,8-11,13-14H2. The van der Waals surface area contributed by atoms with Gasteiger partial charge in [0.2, 0.25) is 0 Å². The van der Waals surface area contributed by atoms with Gasteiger partial charge in [0, 0.05) is 50.5 Å². The summed E-state index contributed by atoms with van der Waals surface area (Å²) >= 11 is 0. The summed E-state index contributed by atoms with van der Waals surface area (Å²) in [7, 11) is 0. The minimum Gasteiger partial charge on any atom is -0.491 e. The molecule has 1 aliphatic rings. The molecule has 1 atom stereocenters. The van der Waals surface area contributed by atoms with E-state index in [-0.39, 0.29) is 12.3 Å². The van der Waals surface area contributed by atoms with Gasteiger partial charge in [-0.05, 0) is 30.3 Å². The first kappa shape index (κ1) is 21.8. The van der Waals surface area contributed by atoms with Crippen molar-refractivity contribution in [3.63, 3.8) is 0 Å². The van der Waals surface area contributed by atoms with Gasteiger partial charge in [-0.15, -0.1) is 0 Å². The number of rotatable bonds is 7. The van der Waals surface area contributed by atoms with Gasteiger partial charge in [0.15, 0.2) is 0 Å². The van der Waals surface area contributed by atoms with Gasteiger partial charge in [0.05, 0.1) is 10.5 Å². The first-order valence-corrected chi connectivity index (χ1v) is 9.42. The fourth-order valence-electron chi connectivity index (χ4n) is 3.27. The topological polar surface area (TPSA) is 79.1 Å². The third-order valence-corrected chi connectivity index (χ3v) is 4.87. The van der Waals surface area contributed by atoms with Crippen molar-refractivity contribution in [3.05, 3.63) is 64.2 Å². The molecule has 0 aromatic heterocycles. The molecule has 0 bridgehead atoms. The largest absolute Gasteiger partial charge is 0.491 e. The van der Waals surface area contributed by atoms with E-state index in [2.05, 4.69) is 0 Å². The monoisotopic (exact) mass is 425 g/mol. The van der Waals surface area contributed by atoms with Crippen LogP contribution >= 0.6 is 0 Å². The Hall–Kier alpha value is -2.85. The second-order valence-electron chi connectivity index (χ2n) is 7.05. The predicted molar refractivity (Wildman–Crippen MR) is 105 cm³/mol. The molecular weight excluding hydrogens is 403 g/mol. The molecule has 2 aromatic rings. The quantitative estimate of drug-likeness (QED) is 0.542. The Bertz CT molecular complexity index is 853. The molecule has 1 heterocycles. The number of benzene rings is 2. The fourth-order valence-corrected chi connectivity index (χ4v) is 3.27. The lowest BCUT2D eigenvalue weighted by molar-refractivity contribution is -0.384. The molecule has 0 saturated carbocycles. The van der Waals surface area contributed by atoms with E-state index >= 15 is 0 Å². The van der Waals surface area contributed by atoms with Crippen LogP contribution in [-0.2, 0) is 6.18 Å². The smallest absolute Gasteiger partial charge is 0.416 e. The fraction of sp³-hybridized carbons (Fsp3) is 0.400. The Kier molecular flexibility index (Phi) is 6.78. The molecule has 0 spiro atoms. The van der Waals surface area contributed by atoms with Gasteiger partial charge < -0.3 is 14.7 Å². The Labute approximate surface area is 171 Å². The molecule has 1 saturated heterocycles. The molecule has 2 aromatic carbocycles. The van der Waals surface area contributed by atoms with Gasteiger partial charge in [-0.1, -0.05) is 6.07 Å². The summed E-state index contributed by atoms with van der Waals surface area (Å²) in [5.41, 5.74) is -0.172. The highest BCUT2D eigenvalue weighted by Gasteiger charge is 2.31. The molecule has 162 valence electrons. The Morgan fingerprint density at radius 2 is 1.77 bits per heavy atom. The minimum absolute atomic E-state index is 0.0334. The molecule has 10 heteroatoms. The lowest BCUT2D eigenvalue weighted by Crippen LogP contribution is -2.49. The SMILES string of the molecule is O=[N+]([O-])c1ccc(OCC(O)CN2CCN(c3cccc(C(F)(F)F)c3)CC2)cc1. The van der Waals surface area contributed by atoms with Gasteiger partial charge in [0.1, 0.15) is 18.5 Å². The Balaban J connectivity index is 1.44. The molecule has 0 radical (unpaired) electrons. The molecule has 1 unspecified atom stereocenters. The van der Waals surface area contributed by atoms with E-state index in [1.165, 1.54) is 30.3 Å². The van der Waals surface area contributed by atoms with E-state index in [9.17, 15) is 28.4 Å². The second-order valence-corrected chi connectivity index (χ2v) is 7.05. The van der Waals surface area contributed by atoms with Crippen molar-refractivity contribution in [1.29, 1.82) is 0 Å². The van der Waals surface area contributed by atoms with Crippen LogP contribution < -0.4 is 9.64 Å². The predicted octanol–water partition coefficient (Wildman–Crippen LogP) is 3.18. The summed E-state index contributed by atoms with van der Waals surface area (Å²) < 4.78 is 44.1. The normalized spacial score (nSPS) is 16.3. The van der Waals surface area contributed by atoms with Crippen molar-refractivity contribution in [2.45, 2.75) is 12.3 Å². The summed E-state index contributed by atoms with van der Waals surface area (Å²) in [4.78, 5) is 14.1. The maximum absolute atomic E-state index is 12.9. The van der Waals surface area contributed by atoms with Crippen LogP contribution in [0.5, 0.6) is 5.75 Å². The molecule has 0 amide bonds. The van der Waals surface area contributed by atoms with Gasteiger partial charge in [-0.2, -0.15) is 13.2 Å². The van der Waals surface area contributed by atoms with Crippen LogP contribution in [0, 0.1) is 10.1 Å². The van der Waals surface area contributed by atoms with E-state index in [1.807, 2.05) is 9.80 Å². The number of non-ortho nitro benzene ring substituents is 1. The number of β-amino-alcohol motifs (C(OH)–C–C–N with tert-alkyl or cyclic N) is 1. The zero-order chi connectivity index (χ0) is 21.7. The van der Waals surface area contributed by atoms with Crippen molar-refractivity contribution in [1.82, 2.24) is 4.90 Å². The van der Waals surface area contributed by atoms with E-state index in [0.717, 1.165) is 12.1 Å².